The minimum absolute atomic E-state index is 0.225. The van der Waals surface area contributed by atoms with E-state index in [4.69, 9.17) is 40.2 Å². The number of para-hydroxylation sites is 1. The lowest BCUT2D eigenvalue weighted by molar-refractivity contribution is 0.290. The van der Waals surface area contributed by atoms with Crippen LogP contribution in [0.25, 0.3) is 0 Å². The molecule has 5 nitrogen and oxygen atoms in total. The van der Waals surface area contributed by atoms with E-state index in [0.717, 1.165) is 11.3 Å². The van der Waals surface area contributed by atoms with Crippen molar-refractivity contribution in [1.82, 2.24) is 14.9 Å². The minimum Gasteiger partial charge on any atom is -0.486 e. The number of ether oxygens (including phenoxy) is 1. The zero-order valence-electron chi connectivity index (χ0n) is 12.3. The normalized spacial score (nSPS) is 11.1. The highest BCUT2D eigenvalue weighted by Gasteiger charge is 2.06. The molecule has 0 unspecified atom stereocenters. The van der Waals surface area contributed by atoms with Crippen LogP contribution in [0.4, 0.5) is 0 Å². The number of nitrogens with one attached hydrogen (secondary N) is 1. The lowest BCUT2D eigenvalue weighted by Crippen LogP contribution is -2.04. The molecule has 0 fully saturated rings. The lowest BCUT2D eigenvalue weighted by Gasteiger charge is -2.05. The molecular weight excluding hydrogens is 367 g/mol. The largest absolute Gasteiger partial charge is 0.486 e. The average Bonchev–Trinajstić information content (AvgIpc) is 2.93. The summed E-state index contributed by atoms with van der Waals surface area (Å²) >= 11 is 17.2. The Morgan fingerprint density at radius 3 is 2.75 bits per heavy atom. The van der Waals surface area contributed by atoms with Gasteiger partial charge in [-0.1, -0.05) is 47.5 Å². The summed E-state index contributed by atoms with van der Waals surface area (Å²) in [5.74, 6) is 1.29. The fourth-order valence-corrected chi connectivity index (χ4v) is 2.58. The maximum atomic E-state index is 6.13. The summed E-state index contributed by atoms with van der Waals surface area (Å²) in [6.07, 6.45) is 1.59. The number of benzene rings is 2. The zero-order valence-corrected chi connectivity index (χ0v) is 14.6. The van der Waals surface area contributed by atoms with Gasteiger partial charge >= 0.3 is 0 Å². The fraction of sp³-hybridized carbons (Fsp3) is 0.0625. The van der Waals surface area contributed by atoms with E-state index in [1.165, 1.54) is 4.68 Å². The van der Waals surface area contributed by atoms with Crippen molar-refractivity contribution in [1.29, 1.82) is 0 Å². The van der Waals surface area contributed by atoms with Crippen molar-refractivity contribution in [2.75, 3.05) is 0 Å². The second-order valence-corrected chi connectivity index (χ2v) is 6.00. The van der Waals surface area contributed by atoms with Crippen molar-refractivity contribution in [2.24, 2.45) is 5.10 Å². The van der Waals surface area contributed by atoms with Gasteiger partial charge in [0.2, 0.25) is 4.77 Å². The fourth-order valence-electron chi connectivity index (χ4n) is 1.93. The van der Waals surface area contributed by atoms with E-state index in [-0.39, 0.29) is 6.61 Å². The summed E-state index contributed by atoms with van der Waals surface area (Å²) in [4.78, 5) is 0. The van der Waals surface area contributed by atoms with Gasteiger partial charge in [-0.3, -0.25) is 0 Å². The van der Waals surface area contributed by atoms with Crippen LogP contribution in [-0.4, -0.2) is 21.1 Å². The number of hydrogen-bond acceptors (Lipinski definition) is 4. The molecule has 1 aromatic heterocycles. The first kappa shape index (κ1) is 16.7. The van der Waals surface area contributed by atoms with Gasteiger partial charge in [-0.15, -0.1) is 0 Å². The number of aromatic nitrogens is 3. The molecule has 8 heteroatoms. The third kappa shape index (κ3) is 4.03. The molecule has 0 saturated carbocycles. The van der Waals surface area contributed by atoms with Crippen LogP contribution in [-0.2, 0) is 6.61 Å². The summed E-state index contributed by atoms with van der Waals surface area (Å²) in [6.45, 7) is 0.225. The predicted molar refractivity (Wildman–Crippen MR) is 97.6 cm³/mol. The van der Waals surface area contributed by atoms with Crippen molar-refractivity contribution in [3.63, 3.8) is 0 Å². The Labute approximate surface area is 153 Å². The van der Waals surface area contributed by atoms with Crippen LogP contribution in [0.5, 0.6) is 5.75 Å². The highest BCUT2D eigenvalue weighted by atomic mass is 35.5. The van der Waals surface area contributed by atoms with E-state index in [1.54, 1.807) is 24.4 Å². The van der Waals surface area contributed by atoms with Gasteiger partial charge < -0.3 is 4.74 Å². The Hall–Kier alpha value is -2.15. The maximum absolute atomic E-state index is 6.13. The first-order chi connectivity index (χ1) is 11.6. The predicted octanol–water partition coefficient (Wildman–Crippen LogP) is 4.71. The minimum atomic E-state index is 0.225. The van der Waals surface area contributed by atoms with Crippen LogP contribution in [0.3, 0.4) is 0 Å². The van der Waals surface area contributed by atoms with Gasteiger partial charge in [0.1, 0.15) is 12.4 Å². The van der Waals surface area contributed by atoms with E-state index < -0.39 is 0 Å². The van der Waals surface area contributed by atoms with E-state index in [0.29, 0.717) is 20.6 Å². The van der Waals surface area contributed by atoms with Gasteiger partial charge in [0, 0.05) is 10.6 Å². The Bertz CT molecular complexity index is 921. The van der Waals surface area contributed by atoms with Crippen LogP contribution in [0.1, 0.15) is 11.4 Å². The number of H-pyrrole nitrogens is 1. The highest BCUT2D eigenvalue weighted by molar-refractivity contribution is 7.71. The van der Waals surface area contributed by atoms with Crippen LogP contribution >= 0.6 is 35.4 Å². The molecule has 0 aliphatic heterocycles. The summed E-state index contributed by atoms with van der Waals surface area (Å²) in [5, 5.41) is 12.2. The molecule has 0 aliphatic rings. The monoisotopic (exact) mass is 378 g/mol. The number of halogens is 2. The molecule has 3 aromatic rings. The quantitative estimate of drug-likeness (QED) is 0.516. The maximum Gasteiger partial charge on any atom is 0.216 e. The molecule has 0 radical (unpaired) electrons. The number of rotatable bonds is 5. The Kier molecular flexibility index (Phi) is 5.30. The number of aromatic amines is 1. The van der Waals surface area contributed by atoms with Crippen LogP contribution in [0.2, 0.25) is 10.0 Å². The molecule has 2 aromatic carbocycles. The van der Waals surface area contributed by atoms with Crippen LogP contribution < -0.4 is 4.74 Å². The van der Waals surface area contributed by atoms with E-state index in [2.05, 4.69) is 15.3 Å². The zero-order chi connectivity index (χ0) is 16.9. The average molecular weight is 379 g/mol. The topological polar surface area (TPSA) is 55.2 Å². The van der Waals surface area contributed by atoms with Gasteiger partial charge in [0.15, 0.2) is 5.82 Å². The molecule has 0 amide bonds. The highest BCUT2D eigenvalue weighted by Crippen LogP contribution is 2.19. The number of nitrogens with zero attached hydrogens (tertiary/aromatic N) is 3. The molecule has 122 valence electrons. The molecule has 0 saturated heterocycles. The molecule has 1 heterocycles. The molecule has 1 N–H and O–H groups in total. The molecule has 0 spiro atoms. The Morgan fingerprint density at radius 1 is 1.21 bits per heavy atom. The van der Waals surface area contributed by atoms with Crippen molar-refractivity contribution >= 4 is 41.6 Å². The molecule has 3 rings (SSSR count). The van der Waals surface area contributed by atoms with Crippen molar-refractivity contribution in [3.05, 3.63) is 74.7 Å². The third-order valence-electron chi connectivity index (χ3n) is 3.10. The second kappa shape index (κ2) is 7.61. The van der Waals surface area contributed by atoms with Gasteiger partial charge in [-0.25, -0.2) is 5.10 Å². The summed E-state index contributed by atoms with van der Waals surface area (Å²) in [6, 6.07) is 14.6. The van der Waals surface area contributed by atoms with Crippen LogP contribution in [0.15, 0.2) is 53.6 Å². The van der Waals surface area contributed by atoms with Crippen molar-refractivity contribution < 1.29 is 4.74 Å². The summed E-state index contributed by atoms with van der Waals surface area (Å²) in [5.41, 5.74) is 0.721. The van der Waals surface area contributed by atoms with Gasteiger partial charge in [0.25, 0.3) is 0 Å². The summed E-state index contributed by atoms with van der Waals surface area (Å²) < 4.78 is 7.52. The van der Waals surface area contributed by atoms with E-state index >= 15 is 0 Å². The Morgan fingerprint density at radius 2 is 2.00 bits per heavy atom. The smallest absolute Gasteiger partial charge is 0.216 e. The second-order valence-electron chi connectivity index (χ2n) is 4.77. The molecule has 0 atom stereocenters. The summed E-state index contributed by atoms with van der Waals surface area (Å²) in [7, 11) is 0. The first-order valence-corrected chi connectivity index (χ1v) is 8.13. The molecule has 24 heavy (non-hydrogen) atoms. The van der Waals surface area contributed by atoms with Gasteiger partial charge in [-0.05, 0) is 36.5 Å². The van der Waals surface area contributed by atoms with Gasteiger partial charge in [0.05, 0.1) is 11.2 Å². The van der Waals surface area contributed by atoms with Gasteiger partial charge in [-0.2, -0.15) is 14.9 Å². The van der Waals surface area contributed by atoms with Crippen molar-refractivity contribution in [3.8, 4) is 5.75 Å². The molecule has 0 bridgehead atoms. The number of hydrogen-bond donors (Lipinski definition) is 1. The SMILES string of the molecule is S=c1[nH]nc(COc2ccccc2)n1/N=C\c1ccc(Cl)cc1Cl. The standard InChI is InChI=1S/C16H12Cl2N4OS/c17-12-7-6-11(14(18)8-12)9-19-22-15(20-21-16(22)24)10-23-13-4-2-1-3-5-13/h1-9H,10H2,(H,21,24)/b19-9-. The van der Waals surface area contributed by atoms with Crippen LogP contribution in [0, 0.1) is 4.77 Å². The van der Waals surface area contributed by atoms with E-state index in [1.807, 2.05) is 30.3 Å². The molecule has 0 aliphatic carbocycles. The lowest BCUT2D eigenvalue weighted by atomic mass is 10.2. The van der Waals surface area contributed by atoms with Crippen molar-refractivity contribution in [2.45, 2.75) is 6.61 Å². The first-order valence-electron chi connectivity index (χ1n) is 6.97. The Balaban J connectivity index is 1.79. The van der Waals surface area contributed by atoms with E-state index in [9.17, 15) is 0 Å². The third-order valence-corrected chi connectivity index (χ3v) is 3.93. The molecular formula is C16H12Cl2N4OS.